The zero-order chi connectivity index (χ0) is 19.3. The number of amides is 2. The van der Waals surface area contributed by atoms with Crippen LogP contribution in [0.5, 0.6) is 0 Å². The maximum absolute atomic E-state index is 12.3. The van der Waals surface area contributed by atoms with Crippen LogP contribution in [0.2, 0.25) is 0 Å². The average molecular weight is 375 g/mol. The zero-order valence-electron chi connectivity index (χ0n) is 15.5. The number of anilines is 1. The molecule has 7 heteroatoms. The predicted octanol–water partition coefficient (Wildman–Crippen LogP) is 3.83. The van der Waals surface area contributed by atoms with Gasteiger partial charge in [-0.05, 0) is 61.1 Å². The highest BCUT2D eigenvalue weighted by atomic mass is 32.2. The van der Waals surface area contributed by atoms with Crippen LogP contribution in [0.15, 0.2) is 47.4 Å². The van der Waals surface area contributed by atoms with E-state index in [9.17, 15) is 13.2 Å². The van der Waals surface area contributed by atoms with Crippen molar-refractivity contribution in [3.63, 3.8) is 0 Å². The third-order valence-electron chi connectivity index (χ3n) is 4.31. The van der Waals surface area contributed by atoms with E-state index in [0.29, 0.717) is 11.6 Å². The van der Waals surface area contributed by atoms with Gasteiger partial charge in [0.05, 0.1) is 4.90 Å². The van der Waals surface area contributed by atoms with E-state index in [0.717, 1.165) is 23.1 Å². The molecule has 2 amide bonds. The van der Waals surface area contributed by atoms with Crippen molar-refractivity contribution in [3.05, 3.63) is 59.2 Å². The second-order valence-electron chi connectivity index (χ2n) is 6.38. The van der Waals surface area contributed by atoms with E-state index in [1.807, 2.05) is 32.0 Å². The van der Waals surface area contributed by atoms with Crippen LogP contribution >= 0.6 is 0 Å². The molecule has 0 fully saturated rings. The number of benzene rings is 2. The van der Waals surface area contributed by atoms with E-state index in [4.69, 9.17) is 0 Å². The first-order chi connectivity index (χ1) is 12.2. The molecular weight excluding hydrogens is 350 g/mol. The van der Waals surface area contributed by atoms with Gasteiger partial charge in [-0.2, -0.15) is 0 Å². The monoisotopic (exact) mass is 375 g/mol. The van der Waals surface area contributed by atoms with Crippen molar-refractivity contribution >= 4 is 21.7 Å². The van der Waals surface area contributed by atoms with Crippen molar-refractivity contribution in [2.45, 2.75) is 44.9 Å². The van der Waals surface area contributed by atoms with Crippen LogP contribution in [0.1, 0.15) is 42.9 Å². The molecule has 26 heavy (non-hydrogen) atoms. The predicted molar refractivity (Wildman–Crippen MR) is 104 cm³/mol. The Morgan fingerprint density at radius 3 is 2.35 bits per heavy atom. The van der Waals surface area contributed by atoms with Crippen LogP contribution in [-0.2, 0) is 10.0 Å². The third kappa shape index (κ3) is 5.06. The molecule has 2 aromatic carbocycles. The maximum atomic E-state index is 12.3. The smallest absolute Gasteiger partial charge is 0.307 e. The van der Waals surface area contributed by atoms with Crippen molar-refractivity contribution in [3.8, 4) is 0 Å². The minimum absolute atomic E-state index is 0.0941. The molecule has 6 nitrogen and oxygen atoms in total. The molecule has 0 radical (unpaired) electrons. The van der Waals surface area contributed by atoms with E-state index >= 15 is 0 Å². The normalized spacial score (nSPS) is 12.5. The largest absolute Gasteiger partial charge is 0.334 e. The molecule has 140 valence electrons. The number of rotatable bonds is 6. The number of sulfonamides is 1. The van der Waals surface area contributed by atoms with E-state index < -0.39 is 16.1 Å². The lowest BCUT2D eigenvalue weighted by atomic mass is 9.99. The Hall–Kier alpha value is -2.38. The van der Waals surface area contributed by atoms with Crippen molar-refractivity contribution in [2.75, 3.05) is 5.32 Å². The molecule has 0 heterocycles. The second kappa shape index (κ2) is 8.33. The Morgan fingerprint density at radius 2 is 1.73 bits per heavy atom. The summed E-state index contributed by atoms with van der Waals surface area (Å²) in [5.41, 5.74) is 5.75. The molecule has 0 aliphatic rings. The van der Waals surface area contributed by atoms with Gasteiger partial charge in [-0.15, -0.1) is 4.83 Å². The molecule has 0 aliphatic carbocycles. The van der Waals surface area contributed by atoms with Gasteiger partial charge in [0.25, 0.3) is 10.0 Å². The first kappa shape index (κ1) is 19.9. The number of urea groups is 1. The summed E-state index contributed by atoms with van der Waals surface area (Å²) in [6.45, 7) is 7.93. The van der Waals surface area contributed by atoms with Gasteiger partial charge in [-0.25, -0.2) is 13.2 Å². The minimum atomic E-state index is -3.84. The molecule has 1 atom stereocenters. The van der Waals surface area contributed by atoms with Gasteiger partial charge in [-0.1, -0.05) is 38.1 Å². The van der Waals surface area contributed by atoms with Crippen LogP contribution in [0.25, 0.3) is 0 Å². The van der Waals surface area contributed by atoms with Gasteiger partial charge in [0.15, 0.2) is 0 Å². The molecule has 2 rings (SSSR count). The second-order valence-corrected chi connectivity index (χ2v) is 8.06. The number of aryl methyl sites for hydroxylation is 2. The summed E-state index contributed by atoms with van der Waals surface area (Å²) in [5.74, 6) is 0.362. The zero-order valence-corrected chi connectivity index (χ0v) is 16.3. The summed E-state index contributed by atoms with van der Waals surface area (Å²) in [6, 6.07) is 11.6. The average Bonchev–Trinajstić information content (AvgIpc) is 2.62. The Morgan fingerprint density at radius 1 is 1.08 bits per heavy atom. The number of hydrogen-bond acceptors (Lipinski definition) is 3. The van der Waals surface area contributed by atoms with E-state index in [1.165, 1.54) is 12.1 Å². The maximum Gasteiger partial charge on any atom is 0.334 e. The molecule has 0 aliphatic heterocycles. The molecule has 0 saturated heterocycles. The number of hydrogen-bond donors (Lipinski definition) is 3. The summed E-state index contributed by atoms with van der Waals surface area (Å²) >= 11 is 0. The highest BCUT2D eigenvalue weighted by Crippen LogP contribution is 2.20. The van der Waals surface area contributed by atoms with Crippen molar-refractivity contribution in [1.29, 1.82) is 0 Å². The molecule has 0 saturated carbocycles. The van der Waals surface area contributed by atoms with Gasteiger partial charge in [0.1, 0.15) is 0 Å². The highest BCUT2D eigenvalue weighted by molar-refractivity contribution is 7.89. The van der Waals surface area contributed by atoms with Crippen molar-refractivity contribution in [1.82, 2.24) is 10.3 Å². The molecule has 3 N–H and O–H groups in total. The van der Waals surface area contributed by atoms with Gasteiger partial charge in [0, 0.05) is 5.69 Å². The summed E-state index contributed by atoms with van der Waals surface area (Å²) < 4.78 is 24.6. The number of nitrogens with one attached hydrogen (secondary N) is 3. The Kier molecular flexibility index (Phi) is 6.39. The van der Waals surface area contributed by atoms with Crippen molar-refractivity contribution in [2.24, 2.45) is 0 Å². The minimum Gasteiger partial charge on any atom is -0.307 e. The van der Waals surface area contributed by atoms with Crippen LogP contribution < -0.4 is 15.6 Å². The lowest BCUT2D eigenvalue weighted by molar-refractivity contribution is 0.250. The first-order valence-corrected chi connectivity index (χ1v) is 9.97. The van der Waals surface area contributed by atoms with Gasteiger partial charge in [0.2, 0.25) is 0 Å². The molecular formula is C19H25N3O3S. The number of carbonyl (C=O) groups excluding carboxylic acids is 1. The fourth-order valence-electron chi connectivity index (χ4n) is 2.41. The van der Waals surface area contributed by atoms with Gasteiger partial charge < -0.3 is 5.32 Å². The van der Waals surface area contributed by atoms with E-state index in [2.05, 4.69) is 29.4 Å². The lowest BCUT2D eigenvalue weighted by Gasteiger charge is -2.13. The van der Waals surface area contributed by atoms with Crippen LogP contribution in [0.4, 0.5) is 10.5 Å². The summed E-state index contributed by atoms with van der Waals surface area (Å²) in [7, 11) is -3.84. The van der Waals surface area contributed by atoms with Crippen LogP contribution in [-0.4, -0.2) is 14.4 Å². The molecule has 1 unspecified atom stereocenters. The Labute approximate surface area is 155 Å². The number of hydrazine groups is 1. The third-order valence-corrected chi connectivity index (χ3v) is 5.58. The summed E-state index contributed by atoms with van der Waals surface area (Å²) in [6.07, 6.45) is 0.977. The van der Waals surface area contributed by atoms with Gasteiger partial charge in [-0.3, -0.25) is 5.43 Å². The molecule has 0 spiro atoms. The highest BCUT2D eigenvalue weighted by Gasteiger charge is 2.16. The summed E-state index contributed by atoms with van der Waals surface area (Å²) in [4.78, 5) is 14.2. The topological polar surface area (TPSA) is 87.3 Å². The Balaban J connectivity index is 2.01. The first-order valence-electron chi connectivity index (χ1n) is 8.49. The fraction of sp³-hybridized carbons (Fsp3) is 0.316. The number of carbonyl (C=O) groups is 1. The quantitative estimate of drug-likeness (QED) is 0.671. The van der Waals surface area contributed by atoms with E-state index in [-0.39, 0.29) is 4.90 Å². The summed E-state index contributed by atoms with van der Waals surface area (Å²) in [5, 5.41) is 2.63. The molecule has 0 bridgehead atoms. The lowest BCUT2D eigenvalue weighted by Crippen LogP contribution is -2.43. The molecule has 0 aromatic heterocycles. The molecule has 2 aromatic rings. The van der Waals surface area contributed by atoms with Crippen LogP contribution in [0, 0.1) is 13.8 Å². The van der Waals surface area contributed by atoms with Crippen molar-refractivity contribution < 1.29 is 13.2 Å². The van der Waals surface area contributed by atoms with Crippen LogP contribution in [0.3, 0.4) is 0 Å². The standard InChI is InChI=1S/C19H25N3O3S/c1-5-14(3)16-8-10-17(11-9-16)26(24,25)22-21-19(23)20-18-12-13(2)6-7-15(18)4/h6-12,14,22H,5H2,1-4H3,(H2,20,21,23). The fourth-order valence-corrected chi connectivity index (χ4v) is 3.25. The van der Waals surface area contributed by atoms with Gasteiger partial charge >= 0.3 is 6.03 Å². The Bertz CT molecular complexity index is 877. The SMILES string of the molecule is CCC(C)c1ccc(S(=O)(=O)NNC(=O)Nc2cc(C)ccc2C)cc1. The van der Waals surface area contributed by atoms with E-state index in [1.54, 1.807) is 12.1 Å².